The third-order valence-corrected chi connectivity index (χ3v) is 16.0. The van der Waals surface area contributed by atoms with Gasteiger partial charge in [0.05, 0.1) is 11.0 Å². The molecule has 0 unspecified atom stereocenters. The van der Waals surface area contributed by atoms with E-state index in [0.717, 1.165) is 33.3 Å². The van der Waals surface area contributed by atoms with Crippen molar-refractivity contribution in [3.8, 4) is 0 Å². The van der Waals surface area contributed by atoms with Crippen molar-refractivity contribution in [1.82, 2.24) is 4.34 Å². The van der Waals surface area contributed by atoms with Crippen LogP contribution >= 0.6 is 16.1 Å². The van der Waals surface area contributed by atoms with Crippen LogP contribution in [0.2, 0.25) is 0 Å². The fourth-order valence-corrected chi connectivity index (χ4v) is 14.6. The van der Waals surface area contributed by atoms with E-state index in [-0.39, 0.29) is 7.92 Å². The number of benzene rings is 5. The second-order valence-electron chi connectivity index (χ2n) is 13.5. The zero-order valence-electron chi connectivity index (χ0n) is 26.6. The van der Waals surface area contributed by atoms with Crippen molar-refractivity contribution >= 4 is 75.9 Å². The molecule has 0 N–H and O–H groups in total. The molecule has 232 valence electrons. The third-order valence-electron chi connectivity index (χ3n) is 10.8. The van der Waals surface area contributed by atoms with Gasteiger partial charge in [-0.1, -0.05) is 117 Å². The summed E-state index contributed by atoms with van der Waals surface area (Å²) in [6.45, 7) is 2.39. The molecule has 0 spiro atoms. The molecule has 0 saturated heterocycles. The van der Waals surface area contributed by atoms with Crippen LogP contribution < -0.4 is 5.44 Å². The second kappa shape index (κ2) is 11.9. The lowest BCUT2D eigenvalue weighted by Gasteiger charge is -2.39. The van der Waals surface area contributed by atoms with Gasteiger partial charge in [-0.15, -0.1) is 0 Å². The molecule has 0 atom stereocenters. The van der Waals surface area contributed by atoms with Crippen LogP contribution in [0.4, 0.5) is 0 Å². The first-order chi connectivity index (χ1) is 22.8. The maximum absolute atomic E-state index is 7.29. The molecule has 2 heterocycles. The highest BCUT2D eigenvalue weighted by molar-refractivity contribution is 7.67. The molecular formula is C41H41NO2P2. The highest BCUT2D eigenvalue weighted by Crippen LogP contribution is 2.58. The SMILES string of the molecule is Cc1c(P(C2CCCCC2)C2CCCCC2)n(-p2oc3ccc4ccccc4c3c3c(ccc4ccccc43)o2)c2ccccc12. The van der Waals surface area contributed by atoms with E-state index >= 15 is 0 Å². The fraction of sp³-hybridized carbons (Fsp3) is 0.317. The number of para-hydroxylation sites is 1. The van der Waals surface area contributed by atoms with Gasteiger partial charge in [0.15, 0.2) is 0 Å². The first-order valence-electron chi connectivity index (χ1n) is 17.3. The molecule has 2 aliphatic rings. The lowest BCUT2D eigenvalue weighted by Crippen LogP contribution is -2.29. The van der Waals surface area contributed by atoms with Crippen molar-refractivity contribution in [2.24, 2.45) is 0 Å². The molecule has 7 aromatic rings. The summed E-state index contributed by atoms with van der Waals surface area (Å²) >= 11 is 0. The maximum atomic E-state index is 7.29. The number of rotatable bonds is 4. The van der Waals surface area contributed by atoms with Crippen molar-refractivity contribution in [2.45, 2.75) is 82.4 Å². The molecule has 0 bridgehead atoms. The smallest absolute Gasteiger partial charge is 0.346 e. The van der Waals surface area contributed by atoms with Crippen LogP contribution in [0.25, 0.3) is 54.4 Å². The van der Waals surface area contributed by atoms with Crippen molar-refractivity contribution in [1.29, 1.82) is 0 Å². The zero-order chi connectivity index (χ0) is 30.6. The van der Waals surface area contributed by atoms with Crippen LogP contribution in [0.5, 0.6) is 0 Å². The van der Waals surface area contributed by atoms with Gasteiger partial charge in [-0.2, -0.15) is 0 Å². The average Bonchev–Trinajstić information content (AvgIpc) is 3.28. The van der Waals surface area contributed by atoms with Gasteiger partial charge in [0.2, 0.25) is 0 Å². The molecule has 46 heavy (non-hydrogen) atoms. The van der Waals surface area contributed by atoms with Gasteiger partial charge < -0.3 is 8.39 Å². The van der Waals surface area contributed by atoms with Crippen LogP contribution in [-0.2, 0) is 0 Å². The Morgan fingerprint density at radius 1 is 0.565 bits per heavy atom. The Morgan fingerprint density at radius 2 is 1.04 bits per heavy atom. The minimum Gasteiger partial charge on any atom is -0.403 e. The standard InChI is InChI=1S/C41H41NO2P2/c1-28-33-20-12-13-23-36(33)42(41(28)45(31-16-4-2-5-17-31)32-18-6-3-7-19-32)46-43-37-26-24-29-14-8-10-21-34(29)39(37)40-35-22-11-9-15-30(35)25-27-38(40)44-46/h8-15,20-27,31-32H,2-7,16-19H2,1H3. The van der Waals surface area contributed by atoms with Crippen molar-refractivity contribution in [3.63, 3.8) is 0 Å². The Balaban J connectivity index is 1.41. The highest BCUT2D eigenvalue weighted by atomic mass is 31.1. The molecule has 5 aromatic carbocycles. The summed E-state index contributed by atoms with van der Waals surface area (Å²) in [6, 6.07) is 35.3. The topological polar surface area (TPSA) is 31.2 Å². The predicted octanol–water partition coefficient (Wildman–Crippen LogP) is 12.9. The molecule has 2 aliphatic carbocycles. The van der Waals surface area contributed by atoms with E-state index in [0.29, 0.717) is 0 Å². The van der Waals surface area contributed by atoms with Gasteiger partial charge in [-0.25, -0.2) is 4.34 Å². The molecular weight excluding hydrogens is 600 g/mol. The normalized spacial score (nSPS) is 16.8. The number of aryl methyl sites for hydroxylation is 1. The van der Waals surface area contributed by atoms with Gasteiger partial charge >= 0.3 is 8.16 Å². The second-order valence-corrected chi connectivity index (χ2v) is 17.4. The maximum Gasteiger partial charge on any atom is 0.346 e. The Hall–Kier alpha value is -3.51. The average molecular weight is 642 g/mol. The van der Waals surface area contributed by atoms with E-state index < -0.39 is 8.16 Å². The van der Waals surface area contributed by atoms with Crippen molar-refractivity contribution in [3.05, 3.63) is 103 Å². The monoisotopic (exact) mass is 641 g/mol. The molecule has 9 rings (SSSR count). The third kappa shape index (κ3) is 4.73. The minimum atomic E-state index is -1.52. The molecule has 2 fully saturated rings. The van der Waals surface area contributed by atoms with Gasteiger partial charge in [-0.05, 0) is 97.2 Å². The van der Waals surface area contributed by atoms with Crippen LogP contribution in [0, 0.1) is 6.92 Å². The van der Waals surface area contributed by atoms with Gasteiger partial charge in [0.1, 0.15) is 11.2 Å². The predicted molar refractivity (Wildman–Crippen MR) is 199 cm³/mol. The molecule has 0 radical (unpaired) electrons. The van der Waals surface area contributed by atoms with Gasteiger partial charge in [0.25, 0.3) is 0 Å². The van der Waals surface area contributed by atoms with E-state index in [1.807, 2.05) is 0 Å². The number of fused-ring (bicyclic) bond motifs is 8. The first-order valence-corrected chi connectivity index (χ1v) is 20.0. The van der Waals surface area contributed by atoms with E-state index in [1.165, 1.54) is 102 Å². The number of nitrogens with zero attached hydrogens (tertiary/aromatic N) is 1. The summed E-state index contributed by atoms with van der Waals surface area (Å²) in [6.07, 6.45) is 13.7. The van der Waals surface area contributed by atoms with Crippen molar-refractivity contribution in [2.75, 3.05) is 0 Å². The lowest BCUT2D eigenvalue weighted by molar-refractivity contribution is 0.486. The van der Waals surface area contributed by atoms with Crippen molar-refractivity contribution < 1.29 is 8.39 Å². The van der Waals surface area contributed by atoms with Crippen LogP contribution in [0.1, 0.15) is 69.8 Å². The van der Waals surface area contributed by atoms with E-state index in [2.05, 4.69) is 108 Å². The van der Waals surface area contributed by atoms with E-state index in [9.17, 15) is 0 Å². The molecule has 2 aromatic heterocycles. The highest BCUT2D eigenvalue weighted by Gasteiger charge is 2.37. The molecule has 0 aliphatic heterocycles. The summed E-state index contributed by atoms with van der Waals surface area (Å²) in [7, 11) is -1.90. The van der Waals surface area contributed by atoms with E-state index in [1.54, 1.807) is 5.44 Å². The largest absolute Gasteiger partial charge is 0.403 e. The molecule has 5 heteroatoms. The number of aromatic nitrogens is 1. The molecule has 2 saturated carbocycles. The lowest BCUT2D eigenvalue weighted by atomic mass is 9.99. The first kappa shape index (κ1) is 28.7. The summed E-state index contributed by atoms with van der Waals surface area (Å²) in [5, 5.41) is 8.50. The summed E-state index contributed by atoms with van der Waals surface area (Å²) in [5.41, 5.74) is 7.65. The summed E-state index contributed by atoms with van der Waals surface area (Å²) < 4.78 is 17.2. The van der Waals surface area contributed by atoms with Crippen LogP contribution in [0.3, 0.4) is 0 Å². The van der Waals surface area contributed by atoms with Gasteiger partial charge in [0, 0.05) is 16.2 Å². The Labute approximate surface area is 272 Å². The molecule has 0 amide bonds. The quantitative estimate of drug-likeness (QED) is 0.179. The zero-order valence-corrected chi connectivity index (χ0v) is 28.4. The number of hydrogen-bond donors (Lipinski definition) is 0. The van der Waals surface area contributed by atoms with Gasteiger partial charge in [-0.3, -0.25) is 0 Å². The fourth-order valence-electron chi connectivity index (χ4n) is 8.64. The molecule has 3 nitrogen and oxygen atoms in total. The minimum absolute atomic E-state index is 0.386. The Kier molecular flexibility index (Phi) is 7.45. The summed E-state index contributed by atoms with van der Waals surface area (Å²) in [5.74, 6) is 0. The van der Waals surface area contributed by atoms with Crippen LogP contribution in [-0.4, -0.2) is 15.7 Å². The number of hydrogen-bond acceptors (Lipinski definition) is 2. The van der Waals surface area contributed by atoms with E-state index in [4.69, 9.17) is 8.39 Å². The Morgan fingerprint density at radius 3 is 1.59 bits per heavy atom. The Bertz CT molecular complexity index is 2150. The van der Waals surface area contributed by atoms with Crippen LogP contribution in [0.15, 0.2) is 105 Å². The summed E-state index contributed by atoms with van der Waals surface area (Å²) in [4.78, 5) is 0.